The summed E-state index contributed by atoms with van der Waals surface area (Å²) in [5.74, 6) is -2.20. The van der Waals surface area contributed by atoms with Crippen LogP contribution >= 0.6 is 35.0 Å². The van der Waals surface area contributed by atoms with Crippen molar-refractivity contribution >= 4 is 58.2 Å². The van der Waals surface area contributed by atoms with Crippen molar-refractivity contribution in [1.29, 1.82) is 0 Å². The van der Waals surface area contributed by atoms with Crippen molar-refractivity contribution < 1.29 is 24.6 Å². The molecule has 0 aliphatic carbocycles. The Labute approximate surface area is 168 Å². The van der Waals surface area contributed by atoms with Crippen LogP contribution in [0.3, 0.4) is 0 Å². The Hall–Kier alpha value is -2.48. The molecule has 1 aliphatic heterocycles. The van der Waals surface area contributed by atoms with E-state index < -0.39 is 17.1 Å². The summed E-state index contributed by atoms with van der Waals surface area (Å²) in [6.07, 6.45) is 1.40. The fourth-order valence-electron chi connectivity index (χ4n) is 2.42. The summed E-state index contributed by atoms with van der Waals surface area (Å²) in [6, 6.07) is 8.66. The highest BCUT2D eigenvalue weighted by atomic mass is 35.5. The number of phenols is 1. The normalized spacial score (nSPS) is 15.6. The van der Waals surface area contributed by atoms with E-state index in [1.165, 1.54) is 30.3 Å². The van der Waals surface area contributed by atoms with Crippen LogP contribution in [-0.2, 0) is 11.3 Å². The Bertz CT molecular complexity index is 1010. The molecule has 0 aromatic heterocycles. The van der Waals surface area contributed by atoms with Crippen LogP contribution in [0.4, 0.5) is 4.79 Å². The molecule has 0 unspecified atom stereocenters. The number of hydrogen-bond donors (Lipinski definition) is 2. The Morgan fingerprint density at radius 2 is 1.89 bits per heavy atom. The lowest BCUT2D eigenvalue weighted by atomic mass is 10.1. The summed E-state index contributed by atoms with van der Waals surface area (Å²) in [4.78, 5) is 37.1. The number of nitrogens with zero attached hydrogens (tertiary/aromatic N) is 1. The summed E-state index contributed by atoms with van der Waals surface area (Å²) in [7, 11) is 0. The quantitative estimate of drug-likeness (QED) is 0.695. The van der Waals surface area contributed by atoms with Gasteiger partial charge in [0.05, 0.1) is 11.4 Å². The molecule has 0 saturated carbocycles. The van der Waals surface area contributed by atoms with Gasteiger partial charge in [0.1, 0.15) is 11.3 Å². The highest BCUT2D eigenvalue weighted by Crippen LogP contribution is 2.35. The Balaban J connectivity index is 1.86. The molecule has 1 fully saturated rings. The zero-order valence-corrected chi connectivity index (χ0v) is 15.8. The molecule has 27 heavy (non-hydrogen) atoms. The van der Waals surface area contributed by atoms with E-state index in [0.29, 0.717) is 21.2 Å². The lowest BCUT2D eigenvalue weighted by Crippen LogP contribution is -2.27. The number of aromatic hydroxyl groups is 1. The molecular formula is C18H11Cl2NO5S. The van der Waals surface area contributed by atoms with Gasteiger partial charge in [0.2, 0.25) is 0 Å². The maximum atomic E-state index is 12.6. The van der Waals surface area contributed by atoms with Crippen LogP contribution in [0.15, 0.2) is 41.3 Å². The number of benzene rings is 2. The van der Waals surface area contributed by atoms with Crippen molar-refractivity contribution in [2.24, 2.45) is 0 Å². The molecule has 0 bridgehead atoms. The molecule has 138 valence electrons. The number of hydrogen-bond acceptors (Lipinski definition) is 5. The van der Waals surface area contributed by atoms with Gasteiger partial charge in [0.15, 0.2) is 0 Å². The van der Waals surface area contributed by atoms with Gasteiger partial charge >= 0.3 is 5.97 Å². The van der Waals surface area contributed by atoms with E-state index in [4.69, 9.17) is 28.3 Å². The number of halogens is 2. The zero-order chi connectivity index (χ0) is 19.7. The minimum atomic E-state index is -1.30. The largest absolute Gasteiger partial charge is 0.507 e. The van der Waals surface area contributed by atoms with E-state index in [1.807, 2.05) is 0 Å². The molecule has 0 radical (unpaired) electrons. The van der Waals surface area contributed by atoms with Crippen molar-refractivity contribution in [2.45, 2.75) is 6.54 Å². The second kappa shape index (κ2) is 7.64. The lowest BCUT2D eigenvalue weighted by molar-refractivity contribution is -0.123. The molecule has 6 nitrogen and oxygen atoms in total. The minimum Gasteiger partial charge on any atom is -0.507 e. The number of rotatable bonds is 4. The van der Waals surface area contributed by atoms with Gasteiger partial charge in [0, 0.05) is 10.0 Å². The standard InChI is InChI=1S/C18H11Cl2NO5S/c19-11-3-2-10(13(20)7-11)8-21-16(23)15(27-18(21)26)6-9-1-4-14(22)12(5-9)17(24)25/h1-7,22H,8H2,(H,24,25). The molecule has 0 spiro atoms. The van der Waals surface area contributed by atoms with E-state index >= 15 is 0 Å². The molecule has 2 N–H and O–H groups in total. The third-order valence-electron chi connectivity index (χ3n) is 3.77. The van der Waals surface area contributed by atoms with Crippen molar-refractivity contribution in [2.75, 3.05) is 0 Å². The van der Waals surface area contributed by atoms with E-state index in [0.717, 1.165) is 16.7 Å². The number of carboxylic acid groups (broad SMARTS) is 1. The Morgan fingerprint density at radius 1 is 1.15 bits per heavy atom. The molecular weight excluding hydrogens is 413 g/mol. The summed E-state index contributed by atoms with van der Waals surface area (Å²) >= 11 is 12.7. The molecule has 3 rings (SSSR count). The van der Waals surface area contributed by atoms with E-state index in [9.17, 15) is 19.5 Å². The number of aromatic carboxylic acids is 1. The molecule has 9 heteroatoms. The second-order valence-electron chi connectivity index (χ2n) is 5.59. The molecule has 2 aromatic carbocycles. The molecule has 2 aromatic rings. The zero-order valence-electron chi connectivity index (χ0n) is 13.5. The average molecular weight is 424 g/mol. The maximum absolute atomic E-state index is 12.6. The van der Waals surface area contributed by atoms with Crippen molar-refractivity contribution in [3.05, 3.63) is 68.0 Å². The summed E-state index contributed by atoms with van der Waals surface area (Å²) < 4.78 is 0. The Kier molecular flexibility index (Phi) is 5.46. The van der Waals surface area contributed by atoms with Gasteiger partial charge in [-0.25, -0.2) is 4.79 Å². The van der Waals surface area contributed by atoms with Crippen LogP contribution in [-0.4, -0.2) is 32.2 Å². The van der Waals surface area contributed by atoms with Gasteiger partial charge in [-0.05, 0) is 53.2 Å². The number of carboxylic acids is 1. The number of imide groups is 1. The van der Waals surface area contributed by atoms with Gasteiger partial charge < -0.3 is 10.2 Å². The van der Waals surface area contributed by atoms with E-state index in [1.54, 1.807) is 12.1 Å². The van der Waals surface area contributed by atoms with Crippen molar-refractivity contribution in [3.8, 4) is 5.75 Å². The van der Waals surface area contributed by atoms with Gasteiger partial charge in [-0.1, -0.05) is 35.3 Å². The SMILES string of the molecule is O=C(O)c1cc(C=C2SC(=O)N(Cc3ccc(Cl)cc3Cl)C2=O)ccc1O. The average Bonchev–Trinajstić information content (AvgIpc) is 2.86. The van der Waals surface area contributed by atoms with E-state index in [-0.39, 0.29) is 22.8 Å². The molecule has 2 amide bonds. The molecule has 1 aliphatic rings. The van der Waals surface area contributed by atoms with E-state index in [2.05, 4.69) is 0 Å². The summed E-state index contributed by atoms with van der Waals surface area (Å²) in [5.41, 5.74) is 0.651. The molecule has 1 heterocycles. The minimum absolute atomic E-state index is 0.00599. The fraction of sp³-hybridized carbons (Fsp3) is 0.0556. The third-order valence-corrected chi connectivity index (χ3v) is 5.26. The fourth-order valence-corrected chi connectivity index (χ4v) is 3.73. The van der Waals surface area contributed by atoms with Gasteiger partial charge in [0.25, 0.3) is 11.1 Å². The topological polar surface area (TPSA) is 94.9 Å². The second-order valence-corrected chi connectivity index (χ2v) is 7.42. The predicted octanol–water partition coefficient (Wildman–Crippen LogP) is 4.63. The first-order chi connectivity index (χ1) is 12.8. The first-order valence-electron chi connectivity index (χ1n) is 7.52. The Morgan fingerprint density at radius 3 is 2.56 bits per heavy atom. The first-order valence-corrected chi connectivity index (χ1v) is 9.09. The maximum Gasteiger partial charge on any atom is 0.339 e. The molecule has 0 atom stereocenters. The number of thioether (sulfide) groups is 1. The first kappa shape index (κ1) is 19.3. The number of amides is 2. The smallest absolute Gasteiger partial charge is 0.339 e. The highest BCUT2D eigenvalue weighted by molar-refractivity contribution is 8.18. The van der Waals surface area contributed by atoms with Gasteiger partial charge in [-0.2, -0.15) is 0 Å². The van der Waals surface area contributed by atoms with Crippen LogP contribution in [0.5, 0.6) is 5.75 Å². The summed E-state index contributed by atoms with van der Waals surface area (Å²) in [6.45, 7) is -0.00599. The molecule has 1 saturated heterocycles. The van der Waals surface area contributed by atoms with Crippen molar-refractivity contribution in [1.82, 2.24) is 4.90 Å². The van der Waals surface area contributed by atoms with Crippen LogP contribution in [0.1, 0.15) is 21.5 Å². The predicted molar refractivity (Wildman–Crippen MR) is 103 cm³/mol. The van der Waals surface area contributed by atoms with Gasteiger partial charge in [-0.15, -0.1) is 0 Å². The number of carbonyl (C=O) groups is 3. The van der Waals surface area contributed by atoms with Crippen LogP contribution in [0.25, 0.3) is 6.08 Å². The monoisotopic (exact) mass is 423 g/mol. The van der Waals surface area contributed by atoms with Gasteiger partial charge in [-0.3, -0.25) is 14.5 Å². The highest BCUT2D eigenvalue weighted by Gasteiger charge is 2.35. The van der Waals surface area contributed by atoms with Crippen LogP contribution in [0, 0.1) is 0 Å². The van der Waals surface area contributed by atoms with Crippen LogP contribution in [0.2, 0.25) is 10.0 Å². The third kappa shape index (κ3) is 4.10. The van der Waals surface area contributed by atoms with Crippen LogP contribution < -0.4 is 0 Å². The summed E-state index contributed by atoms with van der Waals surface area (Å²) in [5, 5.41) is 18.9. The van der Waals surface area contributed by atoms with Crippen molar-refractivity contribution in [3.63, 3.8) is 0 Å². The number of carbonyl (C=O) groups excluding carboxylic acids is 2. The lowest BCUT2D eigenvalue weighted by Gasteiger charge is -2.13.